The van der Waals surface area contributed by atoms with Crippen molar-refractivity contribution in [3.63, 3.8) is 0 Å². The SMILES string of the molecule is CCCCCCCC[C@@H](C)C(=O)Oc1ccc([N+](=O)[O-])cc1. The van der Waals surface area contributed by atoms with E-state index in [-0.39, 0.29) is 17.6 Å². The second-order valence-corrected chi connectivity index (χ2v) is 5.63. The number of hydrogen-bond donors (Lipinski definition) is 0. The van der Waals surface area contributed by atoms with E-state index < -0.39 is 4.92 Å². The van der Waals surface area contributed by atoms with Crippen LogP contribution < -0.4 is 4.74 Å². The lowest BCUT2D eigenvalue weighted by atomic mass is 10.0. The van der Waals surface area contributed by atoms with Gasteiger partial charge in [-0.15, -0.1) is 0 Å². The number of nitro groups is 1. The minimum atomic E-state index is -0.479. The van der Waals surface area contributed by atoms with Crippen LogP contribution in [0, 0.1) is 16.0 Å². The highest BCUT2D eigenvalue weighted by Crippen LogP contribution is 2.20. The number of rotatable bonds is 10. The van der Waals surface area contributed by atoms with Crippen LogP contribution in [0.5, 0.6) is 5.75 Å². The van der Waals surface area contributed by atoms with Crippen LogP contribution in [0.2, 0.25) is 0 Å². The summed E-state index contributed by atoms with van der Waals surface area (Å²) in [6.45, 7) is 4.05. The first-order valence-corrected chi connectivity index (χ1v) is 8.00. The van der Waals surface area contributed by atoms with Gasteiger partial charge in [-0.05, 0) is 18.6 Å². The first-order valence-electron chi connectivity index (χ1n) is 8.00. The average molecular weight is 307 g/mol. The zero-order chi connectivity index (χ0) is 16.4. The molecule has 0 aliphatic heterocycles. The third-order valence-electron chi connectivity index (χ3n) is 3.66. The second-order valence-electron chi connectivity index (χ2n) is 5.63. The number of hydrogen-bond acceptors (Lipinski definition) is 4. The fourth-order valence-electron chi connectivity index (χ4n) is 2.20. The Labute approximate surface area is 131 Å². The topological polar surface area (TPSA) is 69.4 Å². The molecule has 122 valence electrons. The van der Waals surface area contributed by atoms with Gasteiger partial charge in [0.25, 0.3) is 5.69 Å². The molecule has 1 atom stereocenters. The van der Waals surface area contributed by atoms with E-state index in [4.69, 9.17) is 4.74 Å². The molecule has 0 N–H and O–H groups in total. The molecule has 0 radical (unpaired) electrons. The Balaban J connectivity index is 2.30. The van der Waals surface area contributed by atoms with Gasteiger partial charge in [-0.3, -0.25) is 14.9 Å². The number of ether oxygens (including phenoxy) is 1. The maximum absolute atomic E-state index is 11.9. The average Bonchev–Trinajstić information content (AvgIpc) is 2.51. The van der Waals surface area contributed by atoms with Crippen molar-refractivity contribution in [2.24, 2.45) is 5.92 Å². The normalized spacial score (nSPS) is 11.9. The zero-order valence-electron chi connectivity index (χ0n) is 13.4. The molecule has 1 aromatic rings. The van der Waals surface area contributed by atoms with Crippen molar-refractivity contribution in [2.75, 3.05) is 0 Å². The molecule has 0 bridgehead atoms. The predicted octanol–water partition coefficient (Wildman–Crippen LogP) is 4.89. The fraction of sp³-hybridized carbons (Fsp3) is 0.588. The van der Waals surface area contributed by atoms with Crippen LogP contribution in [0.15, 0.2) is 24.3 Å². The van der Waals surface area contributed by atoms with E-state index in [1.54, 1.807) is 0 Å². The summed E-state index contributed by atoms with van der Waals surface area (Å²) in [7, 11) is 0. The van der Waals surface area contributed by atoms with E-state index in [2.05, 4.69) is 6.92 Å². The van der Waals surface area contributed by atoms with Crippen molar-refractivity contribution in [3.05, 3.63) is 34.4 Å². The Morgan fingerprint density at radius 3 is 2.32 bits per heavy atom. The van der Waals surface area contributed by atoms with Crippen LogP contribution in [0.4, 0.5) is 5.69 Å². The number of nitro benzene ring substituents is 1. The third kappa shape index (κ3) is 6.70. The maximum atomic E-state index is 11.9. The van der Waals surface area contributed by atoms with Gasteiger partial charge >= 0.3 is 5.97 Å². The van der Waals surface area contributed by atoms with Crippen LogP contribution in [0.25, 0.3) is 0 Å². The lowest BCUT2D eigenvalue weighted by Crippen LogP contribution is -2.17. The van der Waals surface area contributed by atoms with Crippen molar-refractivity contribution < 1.29 is 14.5 Å². The summed E-state index contributed by atoms with van der Waals surface area (Å²) in [6, 6.07) is 5.57. The standard InChI is InChI=1S/C17H25NO4/c1-3-4-5-6-7-8-9-14(2)17(19)22-16-12-10-15(11-13-16)18(20)21/h10-14H,3-9H2,1-2H3/t14-/m1/s1. The molecule has 0 aliphatic carbocycles. The number of esters is 1. The first-order chi connectivity index (χ1) is 10.5. The number of unbranched alkanes of at least 4 members (excludes halogenated alkanes) is 5. The number of nitrogens with zero attached hydrogens (tertiary/aromatic N) is 1. The van der Waals surface area contributed by atoms with Crippen LogP contribution in [0.3, 0.4) is 0 Å². The van der Waals surface area contributed by atoms with E-state index in [0.29, 0.717) is 5.75 Å². The number of non-ortho nitro benzene ring substituents is 1. The molecule has 0 saturated heterocycles. The van der Waals surface area contributed by atoms with Crippen LogP contribution >= 0.6 is 0 Å². The van der Waals surface area contributed by atoms with Gasteiger partial charge in [0.1, 0.15) is 5.75 Å². The number of carbonyl (C=O) groups is 1. The van der Waals surface area contributed by atoms with E-state index >= 15 is 0 Å². The Morgan fingerprint density at radius 2 is 1.73 bits per heavy atom. The van der Waals surface area contributed by atoms with Crippen LogP contribution in [-0.4, -0.2) is 10.9 Å². The van der Waals surface area contributed by atoms with E-state index in [9.17, 15) is 14.9 Å². The van der Waals surface area contributed by atoms with Crippen molar-refractivity contribution in [1.82, 2.24) is 0 Å². The molecule has 0 fully saturated rings. The molecule has 0 spiro atoms. The van der Waals surface area contributed by atoms with Crippen molar-refractivity contribution >= 4 is 11.7 Å². The Morgan fingerprint density at radius 1 is 1.14 bits per heavy atom. The largest absolute Gasteiger partial charge is 0.426 e. The summed E-state index contributed by atoms with van der Waals surface area (Å²) >= 11 is 0. The highest BCUT2D eigenvalue weighted by atomic mass is 16.6. The molecular weight excluding hydrogens is 282 g/mol. The quantitative estimate of drug-likeness (QED) is 0.203. The summed E-state index contributed by atoms with van der Waals surface area (Å²) in [5.41, 5.74) is -0.0140. The summed E-state index contributed by atoms with van der Waals surface area (Å²) in [6.07, 6.45) is 7.99. The molecule has 5 heteroatoms. The van der Waals surface area contributed by atoms with Crippen molar-refractivity contribution in [1.29, 1.82) is 0 Å². The zero-order valence-corrected chi connectivity index (χ0v) is 13.4. The Bertz CT molecular complexity index is 470. The van der Waals surface area contributed by atoms with Gasteiger partial charge in [-0.1, -0.05) is 52.4 Å². The van der Waals surface area contributed by atoms with Gasteiger partial charge < -0.3 is 4.74 Å². The molecule has 1 aromatic carbocycles. The molecular formula is C17H25NO4. The molecule has 0 aromatic heterocycles. The fourth-order valence-corrected chi connectivity index (χ4v) is 2.20. The van der Waals surface area contributed by atoms with Crippen molar-refractivity contribution in [2.45, 2.75) is 58.8 Å². The van der Waals surface area contributed by atoms with Gasteiger partial charge in [0.15, 0.2) is 0 Å². The highest BCUT2D eigenvalue weighted by molar-refractivity contribution is 5.74. The van der Waals surface area contributed by atoms with Gasteiger partial charge in [0.2, 0.25) is 0 Å². The van der Waals surface area contributed by atoms with E-state index in [0.717, 1.165) is 19.3 Å². The van der Waals surface area contributed by atoms with Gasteiger partial charge in [-0.25, -0.2) is 0 Å². The van der Waals surface area contributed by atoms with Crippen molar-refractivity contribution in [3.8, 4) is 5.75 Å². The summed E-state index contributed by atoms with van der Waals surface area (Å²) < 4.78 is 5.24. The van der Waals surface area contributed by atoms with Crippen LogP contribution in [0.1, 0.15) is 58.8 Å². The maximum Gasteiger partial charge on any atom is 0.314 e. The Hall–Kier alpha value is -1.91. The van der Waals surface area contributed by atoms with Gasteiger partial charge in [0.05, 0.1) is 10.8 Å². The molecule has 0 unspecified atom stereocenters. The predicted molar refractivity (Wildman–Crippen MR) is 85.9 cm³/mol. The molecule has 0 amide bonds. The van der Waals surface area contributed by atoms with E-state index in [1.807, 2.05) is 6.92 Å². The summed E-state index contributed by atoms with van der Waals surface area (Å²) in [5, 5.41) is 10.6. The van der Waals surface area contributed by atoms with E-state index in [1.165, 1.54) is 49.9 Å². The molecule has 0 heterocycles. The minimum absolute atomic E-state index is 0.0140. The molecule has 0 aliphatic rings. The molecule has 5 nitrogen and oxygen atoms in total. The summed E-state index contributed by atoms with van der Waals surface area (Å²) in [5.74, 6) is -0.0748. The summed E-state index contributed by atoms with van der Waals surface area (Å²) in [4.78, 5) is 22.0. The molecule has 22 heavy (non-hydrogen) atoms. The lowest BCUT2D eigenvalue weighted by Gasteiger charge is -2.11. The molecule has 0 saturated carbocycles. The first kappa shape index (κ1) is 18.1. The molecule has 1 rings (SSSR count). The Kier molecular flexibility index (Phi) is 8.18. The van der Waals surface area contributed by atoms with Gasteiger partial charge in [0, 0.05) is 12.1 Å². The monoisotopic (exact) mass is 307 g/mol. The third-order valence-corrected chi connectivity index (χ3v) is 3.66. The van der Waals surface area contributed by atoms with Gasteiger partial charge in [-0.2, -0.15) is 0 Å². The number of benzene rings is 1. The van der Waals surface area contributed by atoms with Crippen LogP contribution in [-0.2, 0) is 4.79 Å². The minimum Gasteiger partial charge on any atom is -0.426 e. The lowest BCUT2D eigenvalue weighted by molar-refractivity contribution is -0.384. The highest BCUT2D eigenvalue weighted by Gasteiger charge is 2.15. The smallest absolute Gasteiger partial charge is 0.314 e. The second kappa shape index (κ2) is 9.92. The number of carbonyl (C=O) groups excluding carboxylic acids is 1.